The minimum atomic E-state index is -0.361. The number of H-pyrrole nitrogens is 1. The molecular weight excluding hydrogens is 228 g/mol. The van der Waals surface area contributed by atoms with Crippen LogP contribution in [0.15, 0.2) is 29.5 Å². The van der Waals surface area contributed by atoms with Gasteiger partial charge in [0.15, 0.2) is 5.84 Å². The van der Waals surface area contributed by atoms with Crippen molar-refractivity contribution in [1.29, 1.82) is 10.7 Å². The van der Waals surface area contributed by atoms with Gasteiger partial charge in [0.1, 0.15) is 6.07 Å². The van der Waals surface area contributed by atoms with Crippen molar-refractivity contribution in [3.63, 3.8) is 0 Å². The maximum atomic E-state index is 8.74. The molecule has 0 spiro atoms. The fourth-order valence-electron chi connectivity index (χ4n) is 1.65. The van der Waals surface area contributed by atoms with E-state index in [4.69, 9.17) is 16.4 Å². The number of nitrogens with two attached hydrogens (primary N) is 1. The molecule has 6 nitrogen and oxygen atoms in total. The standard InChI is InChI=1S/C12H12N6/c1-7-6-16-11-8(7)3-2-4-9(11)17-18-10(5-13)12(14)15/h2-4,6,16-17H,1H3,(H3,14,15)/b18-10+. The summed E-state index contributed by atoms with van der Waals surface area (Å²) in [6, 6.07) is 7.47. The van der Waals surface area contributed by atoms with Gasteiger partial charge in [-0.3, -0.25) is 10.8 Å². The molecule has 0 bridgehead atoms. The van der Waals surface area contributed by atoms with E-state index < -0.39 is 0 Å². The number of aromatic nitrogens is 1. The van der Waals surface area contributed by atoms with Gasteiger partial charge in [-0.15, -0.1) is 0 Å². The zero-order valence-corrected chi connectivity index (χ0v) is 9.78. The number of amidine groups is 1. The molecule has 1 heterocycles. The van der Waals surface area contributed by atoms with Crippen LogP contribution in [0.25, 0.3) is 10.9 Å². The van der Waals surface area contributed by atoms with E-state index in [0.717, 1.165) is 22.2 Å². The molecule has 1 aromatic carbocycles. The number of fused-ring (bicyclic) bond motifs is 1. The van der Waals surface area contributed by atoms with Crippen LogP contribution in [0.4, 0.5) is 5.69 Å². The van der Waals surface area contributed by atoms with Crippen LogP contribution < -0.4 is 11.2 Å². The highest BCUT2D eigenvalue weighted by atomic mass is 15.3. The van der Waals surface area contributed by atoms with Crippen molar-refractivity contribution in [2.45, 2.75) is 6.92 Å². The SMILES string of the molecule is Cc1c[nH]c2c(N/N=C(\C#N)C(=N)N)cccc12. The number of benzene rings is 1. The minimum Gasteiger partial charge on any atom is -0.382 e. The average Bonchev–Trinajstić information content (AvgIpc) is 2.73. The van der Waals surface area contributed by atoms with Crippen LogP contribution >= 0.6 is 0 Å². The Morgan fingerprint density at radius 3 is 3.00 bits per heavy atom. The van der Waals surface area contributed by atoms with Gasteiger partial charge in [0.2, 0.25) is 5.71 Å². The number of nitrogens with zero attached hydrogens (tertiary/aromatic N) is 2. The molecule has 0 aliphatic rings. The summed E-state index contributed by atoms with van der Waals surface area (Å²) in [5.74, 6) is -0.361. The van der Waals surface area contributed by atoms with Crippen molar-refractivity contribution >= 4 is 28.1 Å². The first kappa shape index (κ1) is 11.7. The fraction of sp³-hybridized carbons (Fsp3) is 0.0833. The number of hydrazone groups is 1. The number of para-hydroxylation sites is 1. The van der Waals surface area contributed by atoms with Gasteiger partial charge in [0.25, 0.3) is 0 Å². The molecule has 0 aliphatic carbocycles. The molecule has 0 radical (unpaired) electrons. The molecule has 90 valence electrons. The maximum Gasteiger partial charge on any atom is 0.201 e. The minimum absolute atomic E-state index is 0.143. The highest BCUT2D eigenvalue weighted by molar-refractivity contribution is 6.45. The number of hydrogen-bond acceptors (Lipinski definition) is 4. The molecule has 0 fully saturated rings. The molecule has 5 N–H and O–H groups in total. The molecular formula is C12H12N6. The summed E-state index contributed by atoms with van der Waals surface area (Å²) in [5.41, 5.74) is 10.6. The largest absolute Gasteiger partial charge is 0.382 e. The molecule has 18 heavy (non-hydrogen) atoms. The molecule has 0 aliphatic heterocycles. The maximum absolute atomic E-state index is 8.74. The third-order valence-electron chi connectivity index (χ3n) is 2.57. The monoisotopic (exact) mass is 240 g/mol. The van der Waals surface area contributed by atoms with Crippen LogP contribution in [0.5, 0.6) is 0 Å². The van der Waals surface area contributed by atoms with E-state index in [1.165, 1.54) is 0 Å². The van der Waals surface area contributed by atoms with Gasteiger partial charge in [-0.25, -0.2) is 0 Å². The van der Waals surface area contributed by atoms with Crippen molar-refractivity contribution in [3.05, 3.63) is 30.0 Å². The van der Waals surface area contributed by atoms with E-state index in [0.29, 0.717) is 0 Å². The molecule has 0 amide bonds. The Morgan fingerprint density at radius 2 is 2.33 bits per heavy atom. The quantitative estimate of drug-likeness (QED) is 0.372. The Bertz CT molecular complexity index is 673. The third kappa shape index (κ3) is 2.01. The number of anilines is 1. The second-order valence-electron chi connectivity index (χ2n) is 3.80. The normalized spacial score (nSPS) is 11.2. The summed E-state index contributed by atoms with van der Waals surface area (Å²) in [6.07, 6.45) is 1.90. The number of nitriles is 1. The summed E-state index contributed by atoms with van der Waals surface area (Å²) in [5, 5.41) is 20.8. The first-order chi connectivity index (χ1) is 8.63. The molecule has 2 aromatic rings. The van der Waals surface area contributed by atoms with Gasteiger partial charge in [-0.05, 0) is 18.6 Å². The van der Waals surface area contributed by atoms with Crippen LogP contribution in [0.3, 0.4) is 0 Å². The Hall–Kier alpha value is -2.81. The lowest BCUT2D eigenvalue weighted by Crippen LogP contribution is -2.21. The summed E-state index contributed by atoms with van der Waals surface area (Å²) in [4.78, 5) is 3.13. The Labute approximate surface area is 104 Å². The van der Waals surface area contributed by atoms with E-state index in [1.807, 2.05) is 31.3 Å². The van der Waals surface area contributed by atoms with E-state index in [-0.39, 0.29) is 11.5 Å². The average molecular weight is 240 g/mol. The van der Waals surface area contributed by atoms with Crippen molar-refractivity contribution in [3.8, 4) is 6.07 Å². The first-order valence-electron chi connectivity index (χ1n) is 5.28. The number of nitrogens with one attached hydrogen (secondary N) is 3. The highest BCUT2D eigenvalue weighted by Crippen LogP contribution is 2.24. The number of aromatic amines is 1. The molecule has 0 unspecified atom stereocenters. The second-order valence-corrected chi connectivity index (χ2v) is 3.80. The second kappa shape index (κ2) is 4.59. The van der Waals surface area contributed by atoms with Crippen molar-refractivity contribution < 1.29 is 0 Å². The summed E-state index contributed by atoms with van der Waals surface area (Å²) in [7, 11) is 0. The van der Waals surface area contributed by atoms with Crippen molar-refractivity contribution in [2.24, 2.45) is 10.8 Å². The van der Waals surface area contributed by atoms with Gasteiger partial charge in [0.05, 0.1) is 11.2 Å². The number of rotatable bonds is 3. The van der Waals surface area contributed by atoms with Crippen LogP contribution in [0.2, 0.25) is 0 Å². The van der Waals surface area contributed by atoms with E-state index in [9.17, 15) is 0 Å². The summed E-state index contributed by atoms with van der Waals surface area (Å²) < 4.78 is 0. The van der Waals surface area contributed by atoms with Crippen molar-refractivity contribution in [2.75, 3.05) is 5.43 Å². The first-order valence-corrected chi connectivity index (χ1v) is 5.28. The Morgan fingerprint density at radius 1 is 1.56 bits per heavy atom. The van der Waals surface area contributed by atoms with Crippen LogP contribution in [-0.4, -0.2) is 16.5 Å². The molecule has 0 saturated heterocycles. The Kier molecular flexibility index (Phi) is 2.98. The highest BCUT2D eigenvalue weighted by Gasteiger charge is 2.05. The molecule has 1 aromatic heterocycles. The number of aryl methyl sites for hydroxylation is 1. The van der Waals surface area contributed by atoms with Crippen LogP contribution in [0.1, 0.15) is 5.56 Å². The number of hydrogen-bond donors (Lipinski definition) is 4. The summed E-state index contributed by atoms with van der Waals surface area (Å²) >= 11 is 0. The van der Waals surface area contributed by atoms with Crippen molar-refractivity contribution in [1.82, 2.24) is 4.98 Å². The molecule has 0 atom stereocenters. The van der Waals surface area contributed by atoms with Crippen LogP contribution in [0, 0.1) is 23.7 Å². The predicted octanol–water partition coefficient (Wildman–Crippen LogP) is 1.70. The summed E-state index contributed by atoms with van der Waals surface area (Å²) in [6.45, 7) is 2.00. The molecule has 0 saturated carbocycles. The Balaban J connectivity index is 2.39. The fourth-order valence-corrected chi connectivity index (χ4v) is 1.65. The van der Waals surface area contributed by atoms with Gasteiger partial charge in [-0.2, -0.15) is 10.4 Å². The molecule has 6 heteroatoms. The lowest BCUT2D eigenvalue weighted by atomic mass is 10.2. The van der Waals surface area contributed by atoms with Gasteiger partial charge >= 0.3 is 0 Å². The third-order valence-corrected chi connectivity index (χ3v) is 2.57. The molecule has 2 rings (SSSR count). The van der Waals surface area contributed by atoms with Gasteiger partial charge < -0.3 is 10.7 Å². The lowest BCUT2D eigenvalue weighted by molar-refractivity contribution is 1.33. The zero-order chi connectivity index (χ0) is 13.1. The van der Waals surface area contributed by atoms with E-state index in [2.05, 4.69) is 15.5 Å². The zero-order valence-electron chi connectivity index (χ0n) is 9.78. The van der Waals surface area contributed by atoms with E-state index in [1.54, 1.807) is 6.07 Å². The van der Waals surface area contributed by atoms with Gasteiger partial charge in [-0.1, -0.05) is 12.1 Å². The van der Waals surface area contributed by atoms with Crippen LogP contribution in [-0.2, 0) is 0 Å². The van der Waals surface area contributed by atoms with Gasteiger partial charge in [0, 0.05) is 11.6 Å². The lowest BCUT2D eigenvalue weighted by Gasteiger charge is -2.03. The predicted molar refractivity (Wildman–Crippen MR) is 71.6 cm³/mol. The van der Waals surface area contributed by atoms with E-state index >= 15 is 0 Å². The smallest absolute Gasteiger partial charge is 0.201 e. The topological polar surface area (TPSA) is 114 Å².